The summed E-state index contributed by atoms with van der Waals surface area (Å²) in [6, 6.07) is 0. The van der Waals surface area contributed by atoms with Crippen LogP contribution in [0.15, 0.2) is 23.8 Å². The van der Waals surface area contributed by atoms with Crippen LogP contribution < -0.4 is 0 Å². The molecule has 25 heavy (non-hydrogen) atoms. The highest BCUT2D eigenvalue weighted by Crippen LogP contribution is 2.66. The van der Waals surface area contributed by atoms with Gasteiger partial charge in [0.1, 0.15) is 5.60 Å². The minimum atomic E-state index is -0.928. The Morgan fingerprint density at radius 3 is 2.68 bits per heavy atom. The van der Waals surface area contributed by atoms with Crippen molar-refractivity contribution in [1.82, 2.24) is 0 Å². The number of fused-ring (bicyclic) bond motifs is 5. The Morgan fingerprint density at radius 1 is 1.16 bits per heavy atom. The van der Waals surface area contributed by atoms with E-state index in [-0.39, 0.29) is 17.1 Å². The molecule has 0 aliphatic heterocycles. The van der Waals surface area contributed by atoms with Crippen molar-refractivity contribution in [3.63, 3.8) is 0 Å². The summed E-state index contributed by atoms with van der Waals surface area (Å²) in [5.41, 5.74) is -0.559. The monoisotopic (exact) mass is 344 g/mol. The third-order valence-corrected chi connectivity index (χ3v) is 8.35. The van der Waals surface area contributed by atoms with Gasteiger partial charge in [-0.05, 0) is 91.9 Å². The lowest BCUT2D eigenvalue weighted by Crippen LogP contribution is -2.57. The Hall–Kier alpha value is -0.930. The molecule has 4 aliphatic rings. The van der Waals surface area contributed by atoms with E-state index in [4.69, 9.17) is 0 Å². The second-order valence-corrected chi connectivity index (χ2v) is 9.28. The van der Waals surface area contributed by atoms with E-state index in [2.05, 4.69) is 13.8 Å². The van der Waals surface area contributed by atoms with Crippen LogP contribution in [-0.2, 0) is 4.79 Å². The standard InChI is InChI=1S/C22H32O3/c1-3-4-10-21(24)12-9-18-17-6-5-15-14-16(23)7-13-22(15,25)19(17)8-11-20(18,21)2/h7,13-14,17-19,24-25H,3-6,8-12H2,1-2H3/t17-,18-,19-,20-,21-,22+/m0/s1. The largest absolute Gasteiger partial charge is 0.389 e. The molecule has 0 radical (unpaired) electrons. The first-order chi connectivity index (χ1) is 11.8. The van der Waals surface area contributed by atoms with E-state index in [1.165, 1.54) is 0 Å². The average Bonchev–Trinajstić information content (AvgIpc) is 2.85. The lowest BCUT2D eigenvalue weighted by atomic mass is 9.49. The van der Waals surface area contributed by atoms with Gasteiger partial charge in [0.15, 0.2) is 5.78 Å². The van der Waals surface area contributed by atoms with Crippen LogP contribution in [0.25, 0.3) is 0 Å². The fourth-order valence-electron chi connectivity index (χ4n) is 6.83. The number of carbonyl (C=O) groups excluding carboxylic acids is 1. The first kappa shape index (κ1) is 17.5. The van der Waals surface area contributed by atoms with Gasteiger partial charge in [-0.3, -0.25) is 4.79 Å². The summed E-state index contributed by atoms with van der Waals surface area (Å²) in [5.74, 6) is 1.15. The second kappa shape index (κ2) is 5.79. The number of hydrogen-bond donors (Lipinski definition) is 2. The highest BCUT2D eigenvalue weighted by atomic mass is 16.3. The summed E-state index contributed by atoms with van der Waals surface area (Å²) in [6.07, 6.45) is 13.9. The van der Waals surface area contributed by atoms with E-state index < -0.39 is 11.2 Å². The molecule has 0 aromatic rings. The smallest absolute Gasteiger partial charge is 0.178 e. The quantitative estimate of drug-likeness (QED) is 0.815. The van der Waals surface area contributed by atoms with Gasteiger partial charge in [-0.15, -0.1) is 0 Å². The maximum atomic E-state index is 11.7. The van der Waals surface area contributed by atoms with Crippen molar-refractivity contribution >= 4 is 5.78 Å². The molecule has 3 saturated carbocycles. The number of carbonyl (C=O) groups is 1. The molecule has 0 unspecified atom stereocenters. The number of aliphatic hydroxyl groups is 2. The summed E-state index contributed by atoms with van der Waals surface area (Å²) >= 11 is 0. The molecule has 0 aromatic heterocycles. The lowest BCUT2D eigenvalue weighted by Gasteiger charge is -2.57. The molecule has 0 bridgehead atoms. The van der Waals surface area contributed by atoms with E-state index in [0.29, 0.717) is 11.8 Å². The molecule has 138 valence electrons. The van der Waals surface area contributed by atoms with Crippen molar-refractivity contribution in [2.24, 2.45) is 23.2 Å². The number of hydrogen-bond acceptors (Lipinski definition) is 3. The van der Waals surface area contributed by atoms with Crippen molar-refractivity contribution < 1.29 is 15.0 Å². The zero-order chi connectivity index (χ0) is 17.9. The highest BCUT2D eigenvalue weighted by molar-refractivity contribution is 6.01. The summed E-state index contributed by atoms with van der Waals surface area (Å²) in [4.78, 5) is 11.7. The molecule has 3 nitrogen and oxygen atoms in total. The Morgan fingerprint density at radius 2 is 1.92 bits per heavy atom. The summed E-state index contributed by atoms with van der Waals surface area (Å²) in [6.45, 7) is 4.50. The van der Waals surface area contributed by atoms with Gasteiger partial charge >= 0.3 is 0 Å². The topological polar surface area (TPSA) is 57.5 Å². The van der Waals surface area contributed by atoms with Gasteiger partial charge in [0.05, 0.1) is 5.60 Å². The Kier molecular flexibility index (Phi) is 4.05. The molecule has 0 aromatic carbocycles. The van der Waals surface area contributed by atoms with Gasteiger partial charge in [-0.1, -0.05) is 26.7 Å². The van der Waals surface area contributed by atoms with Crippen LogP contribution in [0.3, 0.4) is 0 Å². The highest BCUT2D eigenvalue weighted by Gasteiger charge is 2.63. The van der Waals surface area contributed by atoms with Crippen LogP contribution in [0.1, 0.15) is 71.6 Å². The van der Waals surface area contributed by atoms with E-state index in [1.807, 2.05) is 0 Å². The summed E-state index contributed by atoms with van der Waals surface area (Å²) in [5, 5.41) is 22.9. The maximum absolute atomic E-state index is 11.7. The van der Waals surface area contributed by atoms with Crippen LogP contribution in [-0.4, -0.2) is 27.2 Å². The SMILES string of the molecule is CCCC[C@]1(O)CC[C@H]2[C@@H]3CCC4=CC(=O)C=C[C@]4(O)[C@H]3CC[C@@]21C. The Bertz CT molecular complexity index is 635. The molecule has 2 N–H and O–H groups in total. The van der Waals surface area contributed by atoms with E-state index in [0.717, 1.165) is 63.4 Å². The molecule has 0 heterocycles. The molecule has 6 atom stereocenters. The fraction of sp³-hybridized carbons (Fsp3) is 0.773. The van der Waals surface area contributed by atoms with Crippen LogP contribution >= 0.6 is 0 Å². The molecule has 0 spiro atoms. The molecule has 4 rings (SSSR count). The molecule has 0 amide bonds. The van der Waals surface area contributed by atoms with Crippen LogP contribution in [0.4, 0.5) is 0 Å². The normalized spacial score (nSPS) is 48.6. The first-order valence-electron chi connectivity index (χ1n) is 10.2. The third kappa shape index (κ3) is 2.35. The van der Waals surface area contributed by atoms with Gasteiger partial charge in [-0.2, -0.15) is 0 Å². The summed E-state index contributed by atoms with van der Waals surface area (Å²) < 4.78 is 0. The number of allylic oxidation sites excluding steroid dienone is 2. The van der Waals surface area contributed by atoms with E-state index in [9.17, 15) is 15.0 Å². The Labute approximate surface area is 151 Å². The van der Waals surface area contributed by atoms with E-state index >= 15 is 0 Å². The van der Waals surface area contributed by atoms with Crippen molar-refractivity contribution in [3.8, 4) is 0 Å². The van der Waals surface area contributed by atoms with Gasteiger partial charge in [-0.25, -0.2) is 0 Å². The number of unbranched alkanes of at least 4 members (excludes halogenated alkanes) is 1. The van der Waals surface area contributed by atoms with Gasteiger partial charge in [0.2, 0.25) is 0 Å². The van der Waals surface area contributed by atoms with Crippen LogP contribution in [0, 0.1) is 23.2 Å². The van der Waals surface area contributed by atoms with Crippen molar-refractivity contribution in [2.45, 2.75) is 82.8 Å². The van der Waals surface area contributed by atoms with Gasteiger partial charge < -0.3 is 10.2 Å². The zero-order valence-corrected chi connectivity index (χ0v) is 15.6. The average molecular weight is 344 g/mol. The predicted octanol–water partition coefficient (Wildman–Crippen LogP) is 3.94. The van der Waals surface area contributed by atoms with Gasteiger partial charge in [0.25, 0.3) is 0 Å². The molecular weight excluding hydrogens is 312 g/mol. The minimum Gasteiger partial charge on any atom is -0.389 e. The minimum absolute atomic E-state index is 0.00794. The number of rotatable bonds is 3. The molecule has 4 aliphatic carbocycles. The van der Waals surface area contributed by atoms with Crippen molar-refractivity contribution in [2.75, 3.05) is 0 Å². The van der Waals surface area contributed by atoms with Crippen molar-refractivity contribution in [3.05, 3.63) is 23.8 Å². The number of ketones is 1. The van der Waals surface area contributed by atoms with Crippen molar-refractivity contribution in [1.29, 1.82) is 0 Å². The molecular formula is C22H32O3. The molecule has 3 heteroatoms. The second-order valence-electron chi connectivity index (χ2n) is 9.28. The predicted molar refractivity (Wildman–Crippen MR) is 97.9 cm³/mol. The molecule has 0 saturated heterocycles. The lowest BCUT2D eigenvalue weighted by molar-refractivity contribution is -0.139. The van der Waals surface area contributed by atoms with Gasteiger partial charge in [0, 0.05) is 0 Å². The van der Waals surface area contributed by atoms with E-state index in [1.54, 1.807) is 18.2 Å². The van der Waals surface area contributed by atoms with Crippen LogP contribution in [0.5, 0.6) is 0 Å². The summed E-state index contributed by atoms with van der Waals surface area (Å²) in [7, 11) is 0. The molecule has 3 fully saturated rings. The fourth-order valence-corrected chi connectivity index (χ4v) is 6.83. The van der Waals surface area contributed by atoms with Crippen LogP contribution in [0.2, 0.25) is 0 Å². The zero-order valence-electron chi connectivity index (χ0n) is 15.6. The third-order valence-electron chi connectivity index (χ3n) is 8.35. The maximum Gasteiger partial charge on any atom is 0.178 e. The Balaban J connectivity index is 1.64. The first-order valence-corrected chi connectivity index (χ1v) is 10.2.